The van der Waals surface area contributed by atoms with Gasteiger partial charge in [-0.3, -0.25) is 9.59 Å². The molecule has 6 heteroatoms. The lowest BCUT2D eigenvalue weighted by Gasteiger charge is -2.41. The number of carboxylic acids is 1. The first-order valence-corrected chi connectivity index (χ1v) is 6.33. The number of nitrogens with one attached hydrogen (secondary N) is 1. The molecule has 1 heterocycles. The van der Waals surface area contributed by atoms with Gasteiger partial charge in [-0.15, -0.1) is 0 Å². The predicted molar refractivity (Wildman–Crippen MR) is 63.9 cm³/mol. The fraction of sp³-hybridized carbons (Fsp3) is 0.833. The standard InChI is InChI=1S/C12H20N2O4/c13-12(4-5-18-8-12)10(17)14-7-11(2-1-3-11)6-9(15)16/h1-8,13H2,(H,14,17)(H,15,16). The van der Waals surface area contributed by atoms with E-state index in [9.17, 15) is 9.59 Å². The van der Waals surface area contributed by atoms with Crippen LogP contribution in [0.2, 0.25) is 0 Å². The molecule has 102 valence electrons. The molecule has 2 fully saturated rings. The van der Waals surface area contributed by atoms with Gasteiger partial charge in [0.05, 0.1) is 13.0 Å². The third-order valence-electron chi connectivity index (χ3n) is 4.07. The lowest BCUT2D eigenvalue weighted by atomic mass is 9.66. The van der Waals surface area contributed by atoms with Crippen molar-refractivity contribution < 1.29 is 19.4 Å². The summed E-state index contributed by atoms with van der Waals surface area (Å²) in [5.74, 6) is -1.03. The number of hydrogen-bond donors (Lipinski definition) is 3. The molecule has 0 spiro atoms. The van der Waals surface area contributed by atoms with Gasteiger partial charge in [-0.05, 0) is 24.7 Å². The van der Waals surface area contributed by atoms with Gasteiger partial charge in [0.2, 0.25) is 5.91 Å². The molecule has 1 aliphatic heterocycles. The van der Waals surface area contributed by atoms with Crippen LogP contribution in [0.15, 0.2) is 0 Å². The summed E-state index contributed by atoms with van der Waals surface area (Å²) >= 11 is 0. The molecule has 0 bridgehead atoms. The van der Waals surface area contributed by atoms with Crippen LogP contribution in [0, 0.1) is 5.41 Å². The number of carbonyl (C=O) groups excluding carboxylic acids is 1. The van der Waals surface area contributed by atoms with Gasteiger partial charge < -0.3 is 20.9 Å². The van der Waals surface area contributed by atoms with Gasteiger partial charge >= 0.3 is 5.97 Å². The van der Waals surface area contributed by atoms with Crippen LogP contribution in [0.25, 0.3) is 0 Å². The molecule has 2 aliphatic rings. The number of ether oxygens (including phenoxy) is 1. The van der Waals surface area contributed by atoms with Crippen LogP contribution in [-0.4, -0.2) is 42.3 Å². The van der Waals surface area contributed by atoms with Crippen molar-refractivity contribution in [1.82, 2.24) is 5.32 Å². The normalized spacial score (nSPS) is 29.6. The highest BCUT2D eigenvalue weighted by Gasteiger charge is 2.42. The van der Waals surface area contributed by atoms with E-state index in [1.807, 2.05) is 0 Å². The maximum Gasteiger partial charge on any atom is 0.303 e. The number of amides is 1. The van der Waals surface area contributed by atoms with Crippen molar-refractivity contribution in [2.24, 2.45) is 11.1 Å². The molecular formula is C12H20N2O4. The molecule has 0 radical (unpaired) electrons. The molecule has 1 amide bonds. The van der Waals surface area contributed by atoms with Crippen molar-refractivity contribution in [2.45, 2.75) is 37.6 Å². The number of rotatable bonds is 5. The zero-order valence-electron chi connectivity index (χ0n) is 10.4. The Morgan fingerprint density at radius 1 is 1.33 bits per heavy atom. The minimum absolute atomic E-state index is 0.112. The van der Waals surface area contributed by atoms with E-state index < -0.39 is 11.5 Å². The van der Waals surface area contributed by atoms with Crippen molar-refractivity contribution in [1.29, 1.82) is 0 Å². The molecule has 0 aromatic carbocycles. The fourth-order valence-electron chi connectivity index (χ4n) is 2.62. The first kappa shape index (κ1) is 13.3. The highest BCUT2D eigenvalue weighted by molar-refractivity contribution is 5.86. The molecule has 1 aliphatic carbocycles. The van der Waals surface area contributed by atoms with Gasteiger partial charge in [0.25, 0.3) is 0 Å². The number of aliphatic carboxylic acids is 1. The monoisotopic (exact) mass is 256 g/mol. The number of carboxylic acid groups (broad SMARTS) is 1. The zero-order chi connectivity index (χ0) is 13.2. The Hall–Kier alpha value is -1.14. The minimum atomic E-state index is -0.936. The van der Waals surface area contributed by atoms with Crippen LogP contribution in [0.4, 0.5) is 0 Å². The Bertz CT molecular complexity index is 346. The van der Waals surface area contributed by atoms with E-state index in [0.717, 1.165) is 19.3 Å². The van der Waals surface area contributed by atoms with E-state index in [-0.39, 0.29) is 24.3 Å². The summed E-state index contributed by atoms with van der Waals surface area (Å²) in [7, 11) is 0. The van der Waals surface area contributed by atoms with E-state index >= 15 is 0 Å². The molecule has 1 unspecified atom stereocenters. The van der Waals surface area contributed by atoms with Gasteiger partial charge in [0, 0.05) is 13.2 Å². The summed E-state index contributed by atoms with van der Waals surface area (Å²) in [6, 6.07) is 0. The average Bonchev–Trinajstić information content (AvgIpc) is 2.69. The maximum atomic E-state index is 12.0. The summed E-state index contributed by atoms with van der Waals surface area (Å²) in [4.78, 5) is 22.8. The van der Waals surface area contributed by atoms with Gasteiger partial charge in [-0.25, -0.2) is 0 Å². The van der Waals surface area contributed by atoms with Crippen LogP contribution in [0.3, 0.4) is 0 Å². The lowest BCUT2D eigenvalue weighted by molar-refractivity contribution is -0.142. The first-order valence-electron chi connectivity index (χ1n) is 6.33. The third-order valence-corrected chi connectivity index (χ3v) is 4.07. The van der Waals surface area contributed by atoms with Gasteiger partial charge in [-0.2, -0.15) is 0 Å². The SMILES string of the molecule is NC1(C(=O)NCC2(CC(=O)O)CCC2)CCOC1. The Labute approximate surface area is 106 Å². The summed E-state index contributed by atoms with van der Waals surface area (Å²) in [5, 5.41) is 11.7. The van der Waals surface area contributed by atoms with Crippen LogP contribution in [0.5, 0.6) is 0 Å². The van der Waals surface area contributed by atoms with Crippen molar-refractivity contribution in [3.63, 3.8) is 0 Å². The van der Waals surface area contributed by atoms with Crippen molar-refractivity contribution in [2.75, 3.05) is 19.8 Å². The second-order valence-electron chi connectivity index (χ2n) is 5.57. The minimum Gasteiger partial charge on any atom is -0.481 e. The van der Waals surface area contributed by atoms with E-state index in [4.69, 9.17) is 15.6 Å². The average molecular weight is 256 g/mol. The quantitative estimate of drug-likeness (QED) is 0.635. The third kappa shape index (κ3) is 2.64. The molecule has 1 atom stereocenters. The Morgan fingerprint density at radius 2 is 2.06 bits per heavy atom. The maximum absolute atomic E-state index is 12.0. The van der Waals surface area contributed by atoms with Gasteiger partial charge in [-0.1, -0.05) is 6.42 Å². The zero-order valence-corrected chi connectivity index (χ0v) is 10.4. The first-order chi connectivity index (χ1) is 8.46. The van der Waals surface area contributed by atoms with Gasteiger partial charge in [0.15, 0.2) is 0 Å². The summed E-state index contributed by atoms with van der Waals surface area (Å²) in [5.41, 5.74) is 4.74. The molecule has 2 rings (SSSR count). The van der Waals surface area contributed by atoms with Crippen LogP contribution < -0.4 is 11.1 Å². The molecule has 18 heavy (non-hydrogen) atoms. The van der Waals surface area contributed by atoms with E-state index in [1.165, 1.54) is 0 Å². The Morgan fingerprint density at radius 3 is 2.50 bits per heavy atom. The van der Waals surface area contributed by atoms with Gasteiger partial charge in [0.1, 0.15) is 5.54 Å². The second-order valence-corrected chi connectivity index (χ2v) is 5.57. The van der Waals surface area contributed by atoms with Crippen molar-refractivity contribution in [3.05, 3.63) is 0 Å². The topological polar surface area (TPSA) is 102 Å². The highest BCUT2D eigenvalue weighted by atomic mass is 16.5. The molecule has 0 aromatic heterocycles. The number of hydrogen-bond acceptors (Lipinski definition) is 4. The fourth-order valence-corrected chi connectivity index (χ4v) is 2.62. The molecule has 0 aromatic rings. The van der Waals surface area contributed by atoms with Crippen molar-refractivity contribution >= 4 is 11.9 Å². The summed E-state index contributed by atoms with van der Waals surface area (Å²) in [6.07, 6.45) is 3.37. The smallest absolute Gasteiger partial charge is 0.303 e. The van der Waals surface area contributed by atoms with Crippen LogP contribution >= 0.6 is 0 Å². The largest absolute Gasteiger partial charge is 0.481 e. The lowest BCUT2D eigenvalue weighted by Crippen LogP contribution is -2.57. The van der Waals surface area contributed by atoms with E-state index in [0.29, 0.717) is 19.6 Å². The molecule has 4 N–H and O–H groups in total. The summed E-state index contributed by atoms with van der Waals surface area (Å²) in [6.45, 7) is 1.14. The molecule has 6 nitrogen and oxygen atoms in total. The number of nitrogens with two attached hydrogens (primary N) is 1. The van der Waals surface area contributed by atoms with E-state index in [1.54, 1.807) is 0 Å². The molecular weight excluding hydrogens is 236 g/mol. The summed E-state index contributed by atoms with van der Waals surface area (Å²) < 4.78 is 5.14. The second kappa shape index (κ2) is 4.85. The molecule has 1 saturated carbocycles. The predicted octanol–water partition coefficient (Wildman–Crippen LogP) is -0.135. The van der Waals surface area contributed by atoms with Crippen LogP contribution in [0.1, 0.15) is 32.1 Å². The number of carbonyl (C=O) groups is 2. The van der Waals surface area contributed by atoms with Crippen molar-refractivity contribution in [3.8, 4) is 0 Å². The highest BCUT2D eigenvalue weighted by Crippen LogP contribution is 2.43. The molecule has 1 saturated heterocycles. The Kier molecular flexibility index (Phi) is 3.59. The Balaban J connectivity index is 1.86. The van der Waals surface area contributed by atoms with E-state index in [2.05, 4.69) is 5.32 Å². The van der Waals surface area contributed by atoms with Crippen LogP contribution in [-0.2, 0) is 14.3 Å².